The summed E-state index contributed by atoms with van der Waals surface area (Å²) in [5.74, 6) is 0.810. The molecule has 0 bridgehead atoms. The van der Waals surface area contributed by atoms with E-state index in [2.05, 4.69) is 15.3 Å². The monoisotopic (exact) mass is 390 g/mol. The molecule has 1 amide bonds. The smallest absolute Gasteiger partial charge is 0.237 e. The SMILES string of the molecule is N[C@@H](Cc1ccncc1)C(=O)NC1CCC(Oc2cccc3cnccc23)CC1. The molecule has 1 atom stereocenters. The minimum absolute atomic E-state index is 0.0901. The fraction of sp³-hybridized carbons (Fsp3) is 0.348. The van der Waals surface area contributed by atoms with Gasteiger partial charge in [-0.1, -0.05) is 12.1 Å². The minimum Gasteiger partial charge on any atom is -0.490 e. The van der Waals surface area contributed by atoms with Crippen molar-refractivity contribution in [2.45, 2.75) is 50.3 Å². The van der Waals surface area contributed by atoms with Gasteiger partial charge >= 0.3 is 0 Å². The van der Waals surface area contributed by atoms with Crippen LogP contribution in [0, 0.1) is 0 Å². The number of fused-ring (bicyclic) bond motifs is 1. The molecular formula is C23H26N4O2. The van der Waals surface area contributed by atoms with Gasteiger partial charge in [-0.15, -0.1) is 0 Å². The average molecular weight is 390 g/mol. The van der Waals surface area contributed by atoms with Crippen molar-refractivity contribution in [2.24, 2.45) is 5.73 Å². The van der Waals surface area contributed by atoms with Gasteiger partial charge in [0, 0.05) is 41.6 Å². The third-order valence-corrected chi connectivity index (χ3v) is 5.50. The third-order valence-electron chi connectivity index (χ3n) is 5.50. The number of benzene rings is 1. The number of amides is 1. The highest BCUT2D eigenvalue weighted by molar-refractivity contribution is 5.87. The topological polar surface area (TPSA) is 90.1 Å². The van der Waals surface area contributed by atoms with Crippen molar-refractivity contribution in [3.05, 3.63) is 66.7 Å². The summed E-state index contributed by atoms with van der Waals surface area (Å²) >= 11 is 0. The fourth-order valence-corrected chi connectivity index (χ4v) is 3.87. The Morgan fingerprint density at radius 3 is 2.62 bits per heavy atom. The summed E-state index contributed by atoms with van der Waals surface area (Å²) in [5.41, 5.74) is 7.11. The average Bonchev–Trinajstić information content (AvgIpc) is 2.76. The lowest BCUT2D eigenvalue weighted by molar-refractivity contribution is -0.123. The summed E-state index contributed by atoms with van der Waals surface area (Å²) in [6.45, 7) is 0. The fourth-order valence-electron chi connectivity index (χ4n) is 3.87. The molecule has 1 aromatic carbocycles. The number of nitrogens with one attached hydrogen (secondary N) is 1. The van der Waals surface area contributed by atoms with Gasteiger partial charge in [0.15, 0.2) is 0 Å². The second kappa shape index (κ2) is 9.01. The Bertz CT molecular complexity index is 950. The van der Waals surface area contributed by atoms with Gasteiger partial charge in [-0.2, -0.15) is 0 Å². The summed E-state index contributed by atoms with van der Waals surface area (Å²) in [5, 5.41) is 5.27. The standard InChI is InChI=1S/C23H26N4O2/c24-21(14-16-8-11-25-12-9-16)23(28)27-18-4-6-19(7-5-18)29-22-3-1-2-17-15-26-13-10-20(17)22/h1-3,8-13,15,18-19,21H,4-7,14,24H2,(H,27,28)/t18?,19?,21-/m0/s1. The van der Waals surface area contributed by atoms with E-state index in [1.54, 1.807) is 18.6 Å². The first-order chi connectivity index (χ1) is 14.2. The van der Waals surface area contributed by atoms with Crippen LogP contribution >= 0.6 is 0 Å². The van der Waals surface area contributed by atoms with Gasteiger partial charge in [-0.3, -0.25) is 14.8 Å². The molecule has 1 fully saturated rings. The largest absolute Gasteiger partial charge is 0.490 e. The molecule has 6 nitrogen and oxygen atoms in total. The van der Waals surface area contributed by atoms with E-state index >= 15 is 0 Å². The Morgan fingerprint density at radius 1 is 1.07 bits per heavy atom. The maximum atomic E-state index is 12.4. The van der Waals surface area contributed by atoms with Crippen LogP contribution in [0.25, 0.3) is 10.8 Å². The molecule has 1 aliphatic carbocycles. The van der Waals surface area contributed by atoms with Crippen LogP contribution in [0.3, 0.4) is 0 Å². The number of pyridine rings is 2. The highest BCUT2D eigenvalue weighted by Gasteiger charge is 2.25. The number of rotatable bonds is 6. The maximum Gasteiger partial charge on any atom is 0.237 e. The van der Waals surface area contributed by atoms with Gasteiger partial charge in [0.05, 0.1) is 12.1 Å². The highest BCUT2D eigenvalue weighted by Crippen LogP contribution is 2.29. The van der Waals surface area contributed by atoms with Crippen LogP contribution in [0.1, 0.15) is 31.2 Å². The summed E-state index contributed by atoms with van der Waals surface area (Å²) in [4.78, 5) is 20.6. The van der Waals surface area contributed by atoms with E-state index in [-0.39, 0.29) is 18.1 Å². The first-order valence-electron chi connectivity index (χ1n) is 10.1. The normalized spacial score (nSPS) is 20.2. The van der Waals surface area contributed by atoms with Crippen LogP contribution in [0.2, 0.25) is 0 Å². The quantitative estimate of drug-likeness (QED) is 0.675. The Kier molecular flexibility index (Phi) is 6.00. The highest BCUT2D eigenvalue weighted by atomic mass is 16.5. The molecule has 0 radical (unpaired) electrons. The predicted molar refractivity (Wildman–Crippen MR) is 112 cm³/mol. The van der Waals surface area contributed by atoms with E-state index in [1.165, 1.54) is 0 Å². The molecular weight excluding hydrogens is 364 g/mol. The first kappa shape index (κ1) is 19.3. The summed E-state index contributed by atoms with van der Waals surface area (Å²) in [7, 11) is 0. The Labute approximate surface area is 170 Å². The van der Waals surface area contributed by atoms with Crippen molar-refractivity contribution >= 4 is 16.7 Å². The van der Waals surface area contributed by atoms with Gasteiger partial charge < -0.3 is 15.8 Å². The van der Waals surface area contributed by atoms with Crippen molar-refractivity contribution in [1.29, 1.82) is 0 Å². The molecule has 0 saturated heterocycles. The van der Waals surface area contributed by atoms with Crippen LogP contribution < -0.4 is 15.8 Å². The molecule has 0 spiro atoms. The number of hydrogen-bond acceptors (Lipinski definition) is 5. The van der Waals surface area contributed by atoms with Crippen molar-refractivity contribution in [3.8, 4) is 5.75 Å². The third kappa shape index (κ3) is 4.90. The molecule has 3 N–H and O–H groups in total. The molecule has 150 valence electrons. The van der Waals surface area contributed by atoms with E-state index in [1.807, 2.05) is 42.6 Å². The minimum atomic E-state index is -0.546. The first-order valence-corrected chi connectivity index (χ1v) is 10.1. The predicted octanol–water partition coefficient (Wildman–Crippen LogP) is 3.01. The summed E-state index contributed by atoms with van der Waals surface area (Å²) in [6.07, 6.45) is 11.4. The second-order valence-electron chi connectivity index (χ2n) is 7.62. The van der Waals surface area contributed by atoms with Crippen molar-refractivity contribution in [2.75, 3.05) is 0 Å². The van der Waals surface area contributed by atoms with E-state index in [4.69, 9.17) is 10.5 Å². The molecule has 4 rings (SSSR count). The summed E-state index contributed by atoms with van der Waals surface area (Å²) in [6, 6.07) is 11.4. The molecule has 6 heteroatoms. The number of carbonyl (C=O) groups is 1. The molecule has 2 heterocycles. The lowest BCUT2D eigenvalue weighted by Gasteiger charge is -2.30. The van der Waals surface area contributed by atoms with Crippen LogP contribution in [-0.4, -0.2) is 34.1 Å². The van der Waals surface area contributed by atoms with Gasteiger partial charge in [-0.05, 0) is 61.9 Å². The van der Waals surface area contributed by atoms with Gasteiger partial charge in [0.2, 0.25) is 5.91 Å². The molecule has 1 saturated carbocycles. The van der Waals surface area contributed by atoms with Crippen LogP contribution in [-0.2, 0) is 11.2 Å². The lowest BCUT2D eigenvalue weighted by Crippen LogP contribution is -2.48. The van der Waals surface area contributed by atoms with Crippen LogP contribution in [0.5, 0.6) is 5.75 Å². The lowest BCUT2D eigenvalue weighted by atomic mass is 9.92. The van der Waals surface area contributed by atoms with Crippen LogP contribution in [0.15, 0.2) is 61.2 Å². The molecule has 0 unspecified atom stereocenters. The Morgan fingerprint density at radius 2 is 1.83 bits per heavy atom. The van der Waals surface area contributed by atoms with E-state index < -0.39 is 6.04 Å². The van der Waals surface area contributed by atoms with Gasteiger partial charge in [0.1, 0.15) is 5.75 Å². The number of hydrogen-bond donors (Lipinski definition) is 2. The van der Waals surface area contributed by atoms with Crippen LogP contribution in [0.4, 0.5) is 0 Å². The van der Waals surface area contributed by atoms with Gasteiger partial charge in [-0.25, -0.2) is 0 Å². The number of aromatic nitrogens is 2. The van der Waals surface area contributed by atoms with Crippen molar-refractivity contribution in [1.82, 2.24) is 15.3 Å². The van der Waals surface area contributed by atoms with E-state index in [0.717, 1.165) is 47.8 Å². The van der Waals surface area contributed by atoms with Crippen molar-refractivity contribution in [3.63, 3.8) is 0 Å². The Balaban J connectivity index is 1.27. The van der Waals surface area contributed by atoms with E-state index in [0.29, 0.717) is 6.42 Å². The molecule has 29 heavy (non-hydrogen) atoms. The zero-order chi connectivity index (χ0) is 20.1. The van der Waals surface area contributed by atoms with Gasteiger partial charge in [0.25, 0.3) is 0 Å². The molecule has 0 aliphatic heterocycles. The van der Waals surface area contributed by atoms with E-state index in [9.17, 15) is 4.79 Å². The zero-order valence-electron chi connectivity index (χ0n) is 16.3. The molecule has 2 aromatic heterocycles. The summed E-state index contributed by atoms with van der Waals surface area (Å²) < 4.78 is 6.28. The number of nitrogens with zero attached hydrogens (tertiary/aromatic N) is 2. The second-order valence-corrected chi connectivity index (χ2v) is 7.62. The number of carbonyl (C=O) groups excluding carboxylic acids is 1. The maximum absolute atomic E-state index is 12.4. The molecule has 1 aliphatic rings. The number of ether oxygens (including phenoxy) is 1. The molecule has 3 aromatic rings. The Hall–Kier alpha value is -2.99. The number of nitrogens with two attached hydrogens (primary N) is 1. The van der Waals surface area contributed by atoms with Crippen molar-refractivity contribution < 1.29 is 9.53 Å². The zero-order valence-corrected chi connectivity index (χ0v) is 16.3.